The minimum absolute atomic E-state index is 0.0561. The van der Waals surface area contributed by atoms with E-state index < -0.39 is 4.92 Å². The third-order valence-corrected chi connectivity index (χ3v) is 3.21. The molecular formula is C13H11N3O3S. The Morgan fingerprint density at radius 3 is 2.40 bits per heavy atom. The summed E-state index contributed by atoms with van der Waals surface area (Å²) in [5.41, 5.74) is 0.884. The van der Waals surface area contributed by atoms with Crippen LogP contribution in [0, 0.1) is 10.1 Å². The van der Waals surface area contributed by atoms with Gasteiger partial charge in [0, 0.05) is 22.6 Å². The second kappa shape index (κ2) is 6.18. The van der Waals surface area contributed by atoms with Gasteiger partial charge in [0.15, 0.2) is 0 Å². The van der Waals surface area contributed by atoms with Crippen molar-refractivity contribution in [1.29, 1.82) is 0 Å². The molecule has 0 bridgehead atoms. The van der Waals surface area contributed by atoms with Crippen molar-refractivity contribution in [1.82, 2.24) is 0 Å². The molecule has 2 aromatic carbocycles. The Morgan fingerprint density at radius 2 is 1.80 bits per heavy atom. The smallest absolute Gasteiger partial charge is 0.269 e. The first kappa shape index (κ1) is 14.0. The second-order valence-corrected chi connectivity index (χ2v) is 4.55. The molecule has 0 aliphatic heterocycles. The summed E-state index contributed by atoms with van der Waals surface area (Å²) in [5, 5.41) is 18.8. The number of benzene rings is 2. The molecule has 3 N–H and O–H groups in total. The van der Waals surface area contributed by atoms with Gasteiger partial charge >= 0.3 is 0 Å². The van der Waals surface area contributed by atoms with E-state index in [1.165, 1.54) is 24.3 Å². The SMILES string of the molecule is NSc1ccccc1NC(=O)c1ccc([N+](=O)[O-])cc1. The second-order valence-electron chi connectivity index (χ2n) is 3.87. The topological polar surface area (TPSA) is 98.3 Å². The van der Waals surface area contributed by atoms with E-state index >= 15 is 0 Å². The lowest BCUT2D eigenvalue weighted by atomic mass is 10.2. The van der Waals surface area contributed by atoms with E-state index in [9.17, 15) is 14.9 Å². The summed E-state index contributed by atoms with van der Waals surface area (Å²) in [6, 6.07) is 12.5. The number of nitro benzene ring substituents is 1. The zero-order chi connectivity index (χ0) is 14.5. The molecule has 0 saturated carbocycles. The number of hydrogen-bond donors (Lipinski definition) is 2. The van der Waals surface area contributed by atoms with Gasteiger partial charge < -0.3 is 5.32 Å². The minimum Gasteiger partial charge on any atom is -0.321 e. The zero-order valence-corrected chi connectivity index (χ0v) is 11.1. The van der Waals surface area contributed by atoms with Crippen LogP contribution in [0.15, 0.2) is 53.4 Å². The third kappa shape index (κ3) is 3.14. The fourth-order valence-electron chi connectivity index (χ4n) is 1.60. The fourth-order valence-corrected chi connectivity index (χ4v) is 2.00. The lowest BCUT2D eigenvalue weighted by Crippen LogP contribution is -2.12. The molecule has 0 aliphatic carbocycles. The number of carbonyl (C=O) groups excluding carboxylic acids is 1. The highest BCUT2D eigenvalue weighted by molar-refractivity contribution is 7.97. The van der Waals surface area contributed by atoms with Crippen molar-refractivity contribution < 1.29 is 9.72 Å². The molecule has 0 spiro atoms. The van der Waals surface area contributed by atoms with Crippen molar-refractivity contribution in [3.63, 3.8) is 0 Å². The van der Waals surface area contributed by atoms with Crippen molar-refractivity contribution in [2.24, 2.45) is 5.14 Å². The Kier molecular flexibility index (Phi) is 4.34. The first-order valence-corrected chi connectivity index (χ1v) is 6.51. The molecule has 0 atom stereocenters. The van der Waals surface area contributed by atoms with E-state index in [0.717, 1.165) is 16.8 Å². The summed E-state index contributed by atoms with van der Waals surface area (Å²) < 4.78 is 0. The number of carbonyl (C=O) groups is 1. The predicted octanol–water partition coefficient (Wildman–Crippen LogP) is 2.81. The molecule has 0 fully saturated rings. The zero-order valence-electron chi connectivity index (χ0n) is 10.3. The van der Waals surface area contributed by atoms with Crippen molar-refractivity contribution in [2.45, 2.75) is 4.90 Å². The highest BCUT2D eigenvalue weighted by Crippen LogP contribution is 2.23. The fraction of sp³-hybridized carbons (Fsp3) is 0. The number of nitrogens with two attached hydrogens (primary N) is 1. The Bertz CT molecular complexity index is 644. The van der Waals surface area contributed by atoms with Crippen LogP contribution in [0.3, 0.4) is 0 Å². The summed E-state index contributed by atoms with van der Waals surface area (Å²) in [7, 11) is 0. The maximum atomic E-state index is 12.0. The van der Waals surface area contributed by atoms with E-state index in [2.05, 4.69) is 5.32 Å². The Morgan fingerprint density at radius 1 is 1.15 bits per heavy atom. The summed E-state index contributed by atoms with van der Waals surface area (Å²) in [6.45, 7) is 0. The van der Waals surface area contributed by atoms with Gasteiger partial charge in [-0.05, 0) is 36.2 Å². The number of anilines is 1. The van der Waals surface area contributed by atoms with Crippen LogP contribution in [0.2, 0.25) is 0 Å². The molecule has 1 amide bonds. The van der Waals surface area contributed by atoms with Gasteiger partial charge in [-0.2, -0.15) is 0 Å². The van der Waals surface area contributed by atoms with Gasteiger partial charge in [0.25, 0.3) is 11.6 Å². The van der Waals surface area contributed by atoms with Gasteiger partial charge in [0.2, 0.25) is 0 Å². The van der Waals surface area contributed by atoms with E-state index in [4.69, 9.17) is 5.14 Å². The molecule has 0 aliphatic rings. The highest BCUT2D eigenvalue weighted by Gasteiger charge is 2.11. The summed E-state index contributed by atoms with van der Waals surface area (Å²) in [6.07, 6.45) is 0. The molecule has 0 radical (unpaired) electrons. The first-order valence-electron chi connectivity index (χ1n) is 5.63. The lowest BCUT2D eigenvalue weighted by Gasteiger charge is -2.08. The van der Waals surface area contributed by atoms with Gasteiger partial charge in [-0.15, -0.1) is 0 Å². The van der Waals surface area contributed by atoms with E-state index in [1.54, 1.807) is 18.2 Å². The maximum absolute atomic E-state index is 12.0. The molecule has 2 aromatic rings. The molecule has 102 valence electrons. The van der Waals surface area contributed by atoms with Gasteiger partial charge in [0.05, 0.1) is 10.6 Å². The van der Waals surface area contributed by atoms with Crippen molar-refractivity contribution >= 4 is 29.2 Å². The van der Waals surface area contributed by atoms with Crippen LogP contribution in [0.25, 0.3) is 0 Å². The average molecular weight is 289 g/mol. The summed E-state index contributed by atoms with van der Waals surface area (Å²) in [5.74, 6) is -0.346. The lowest BCUT2D eigenvalue weighted by molar-refractivity contribution is -0.384. The minimum atomic E-state index is -0.512. The molecule has 0 aromatic heterocycles. The van der Waals surface area contributed by atoms with E-state index in [-0.39, 0.29) is 11.6 Å². The van der Waals surface area contributed by atoms with Crippen molar-refractivity contribution in [3.8, 4) is 0 Å². The van der Waals surface area contributed by atoms with E-state index in [1.807, 2.05) is 6.07 Å². The van der Waals surface area contributed by atoms with Crippen LogP contribution >= 0.6 is 11.9 Å². The van der Waals surface area contributed by atoms with Gasteiger partial charge in [-0.1, -0.05) is 12.1 Å². The standard InChI is InChI=1S/C13H11N3O3S/c14-20-12-4-2-1-3-11(12)15-13(17)9-5-7-10(8-6-9)16(18)19/h1-8H,14H2,(H,15,17). The first-order chi connectivity index (χ1) is 9.61. The molecule has 0 saturated heterocycles. The normalized spacial score (nSPS) is 10.1. The number of rotatable bonds is 4. The quantitative estimate of drug-likeness (QED) is 0.512. The monoisotopic (exact) mass is 289 g/mol. The molecule has 6 nitrogen and oxygen atoms in total. The number of nitrogens with zero attached hydrogens (tertiary/aromatic N) is 1. The Balaban J connectivity index is 2.17. The Labute approximate surface area is 119 Å². The third-order valence-electron chi connectivity index (χ3n) is 2.60. The van der Waals surface area contributed by atoms with Gasteiger partial charge in [0.1, 0.15) is 0 Å². The van der Waals surface area contributed by atoms with Crippen LogP contribution in [-0.2, 0) is 0 Å². The predicted molar refractivity (Wildman–Crippen MR) is 77.5 cm³/mol. The Hall–Kier alpha value is -2.38. The number of hydrogen-bond acceptors (Lipinski definition) is 5. The number of nitro groups is 1. The van der Waals surface area contributed by atoms with Crippen LogP contribution in [0.1, 0.15) is 10.4 Å². The number of non-ortho nitro benzene ring substituents is 1. The average Bonchev–Trinajstić information content (AvgIpc) is 2.48. The van der Waals surface area contributed by atoms with Crippen LogP contribution < -0.4 is 10.5 Å². The summed E-state index contributed by atoms with van der Waals surface area (Å²) in [4.78, 5) is 22.8. The largest absolute Gasteiger partial charge is 0.321 e. The van der Waals surface area contributed by atoms with Crippen LogP contribution in [-0.4, -0.2) is 10.8 Å². The number of nitrogens with one attached hydrogen (secondary N) is 1. The van der Waals surface area contributed by atoms with Crippen LogP contribution in [0.5, 0.6) is 0 Å². The van der Waals surface area contributed by atoms with Crippen LogP contribution in [0.4, 0.5) is 11.4 Å². The number of para-hydroxylation sites is 1. The number of amides is 1. The van der Waals surface area contributed by atoms with E-state index in [0.29, 0.717) is 11.3 Å². The molecule has 0 unspecified atom stereocenters. The van der Waals surface area contributed by atoms with Crippen molar-refractivity contribution in [3.05, 3.63) is 64.2 Å². The van der Waals surface area contributed by atoms with Crippen molar-refractivity contribution in [2.75, 3.05) is 5.32 Å². The highest BCUT2D eigenvalue weighted by atomic mass is 32.2. The molecule has 7 heteroatoms. The molecule has 0 heterocycles. The molecule has 20 heavy (non-hydrogen) atoms. The molecular weight excluding hydrogens is 278 g/mol. The summed E-state index contributed by atoms with van der Waals surface area (Å²) >= 11 is 1.03. The molecule has 2 rings (SSSR count). The van der Waals surface area contributed by atoms with Gasteiger partial charge in [-0.25, -0.2) is 0 Å². The maximum Gasteiger partial charge on any atom is 0.269 e. The van der Waals surface area contributed by atoms with Gasteiger partial charge in [-0.3, -0.25) is 20.0 Å².